The summed E-state index contributed by atoms with van der Waals surface area (Å²) in [5, 5.41) is 0. The summed E-state index contributed by atoms with van der Waals surface area (Å²) in [5.74, 6) is 1.34. The van der Waals surface area contributed by atoms with Crippen molar-refractivity contribution in [1.29, 1.82) is 0 Å². The molecule has 4 N–H and O–H groups in total. The lowest BCUT2D eigenvalue weighted by molar-refractivity contribution is 0.312. The van der Waals surface area contributed by atoms with Gasteiger partial charge in [0, 0.05) is 37.6 Å². The van der Waals surface area contributed by atoms with Gasteiger partial charge in [-0.1, -0.05) is 0 Å². The summed E-state index contributed by atoms with van der Waals surface area (Å²) < 4.78 is 0. The van der Waals surface area contributed by atoms with Crippen LogP contribution in [0, 0.1) is 5.92 Å². The number of hydrogen-bond donors (Lipinski definition) is 2. The third-order valence-electron chi connectivity index (χ3n) is 3.53. The lowest BCUT2D eigenvalue weighted by Crippen LogP contribution is -2.49. The molecule has 2 rings (SSSR count). The maximum absolute atomic E-state index is 6.10. The van der Waals surface area contributed by atoms with Crippen molar-refractivity contribution >= 4 is 5.95 Å². The van der Waals surface area contributed by atoms with Crippen LogP contribution in [0.15, 0.2) is 18.5 Å². The molecule has 0 aliphatic carbocycles. The van der Waals surface area contributed by atoms with Crippen LogP contribution in [-0.4, -0.2) is 35.1 Å². The topological polar surface area (TPSA) is 81.1 Å². The molecule has 5 heteroatoms. The Kier molecular flexibility index (Phi) is 3.91. The molecule has 94 valence electrons. The number of anilines is 1. The van der Waals surface area contributed by atoms with Crippen molar-refractivity contribution in [3.63, 3.8) is 0 Å². The fraction of sp³-hybridized carbons (Fsp3) is 0.667. The van der Waals surface area contributed by atoms with Gasteiger partial charge >= 0.3 is 0 Å². The monoisotopic (exact) mass is 235 g/mol. The summed E-state index contributed by atoms with van der Waals surface area (Å²) in [6.45, 7) is 3.92. The Hall–Kier alpha value is -1.20. The molecule has 1 aromatic heterocycles. The van der Waals surface area contributed by atoms with Gasteiger partial charge in [-0.2, -0.15) is 0 Å². The van der Waals surface area contributed by atoms with Crippen LogP contribution in [0.3, 0.4) is 0 Å². The molecule has 0 bridgehead atoms. The van der Waals surface area contributed by atoms with E-state index in [1.807, 2.05) is 13.0 Å². The molecular weight excluding hydrogens is 214 g/mol. The quantitative estimate of drug-likeness (QED) is 0.791. The Balaban J connectivity index is 1.90. The molecule has 0 spiro atoms. The van der Waals surface area contributed by atoms with Crippen molar-refractivity contribution in [3.8, 4) is 0 Å². The Morgan fingerprint density at radius 1 is 1.24 bits per heavy atom. The molecule has 17 heavy (non-hydrogen) atoms. The van der Waals surface area contributed by atoms with Crippen molar-refractivity contribution in [2.75, 3.05) is 18.0 Å². The predicted octanol–water partition coefficient (Wildman–Crippen LogP) is 0.368. The lowest BCUT2D eigenvalue weighted by atomic mass is 9.87. The average Bonchev–Trinajstić information content (AvgIpc) is 2.39. The van der Waals surface area contributed by atoms with Gasteiger partial charge in [-0.15, -0.1) is 0 Å². The summed E-state index contributed by atoms with van der Waals surface area (Å²) in [7, 11) is 0. The average molecular weight is 235 g/mol. The van der Waals surface area contributed by atoms with E-state index in [1.54, 1.807) is 12.4 Å². The molecule has 2 atom stereocenters. The Morgan fingerprint density at radius 2 is 1.82 bits per heavy atom. The number of nitrogens with zero attached hydrogens (tertiary/aromatic N) is 3. The highest BCUT2D eigenvalue weighted by Gasteiger charge is 2.26. The van der Waals surface area contributed by atoms with Crippen LogP contribution in [0.2, 0.25) is 0 Å². The van der Waals surface area contributed by atoms with Gasteiger partial charge in [-0.25, -0.2) is 9.97 Å². The standard InChI is InChI=1S/C12H21N5/c1-9(13)11(14)10-3-7-17(8-4-10)12-15-5-2-6-16-12/h2,5-6,9-11H,3-4,7-8,13-14H2,1H3. The highest BCUT2D eigenvalue weighted by atomic mass is 15.2. The van der Waals surface area contributed by atoms with Crippen LogP contribution in [0.5, 0.6) is 0 Å². The molecular formula is C12H21N5. The zero-order chi connectivity index (χ0) is 12.3. The molecule has 1 fully saturated rings. The lowest BCUT2D eigenvalue weighted by Gasteiger charge is -2.35. The maximum atomic E-state index is 6.10. The molecule has 2 unspecified atom stereocenters. The number of nitrogens with two attached hydrogens (primary N) is 2. The molecule has 5 nitrogen and oxygen atoms in total. The normalized spacial score (nSPS) is 21.2. The second kappa shape index (κ2) is 5.42. The third kappa shape index (κ3) is 2.92. The Morgan fingerprint density at radius 3 is 2.35 bits per heavy atom. The van der Waals surface area contributed by atoms with Gasteiger partial charge in [0.15, 0.2) is 0 Å². The van der Waals surface area contributed by atoms with Crippen LogP contribution < -0.4 is 16.4 Å². The fourth-order valence-electron chi connectivity index (χ4n) is 2.37. The highest BCUT2D eigenvalue weighted by Crippen LogP contribution is 2.22. The Labute approximate surface area is 102 Å². The van der Waals surface area contributed by atoms with Crippen LogP contribution in [-0.2, 0) is 0 Å². The van der Waals surface area contributed by atoms with Crippen molar-refractivity contribution in [2.45, 2.75) is 31.8 Å². The van der Waals surface area contributed by atoms with E-state index in [4.69, 9.17) is 11.5 Å². The van der Waals surface area contributed by atoms with Crippen LogP contribution >= 0.6 is 0 Å². The second-order valence-corrected chi connectivity index (χ2v) is 4.81. The van der Waals surface area contributed by atoms with Gasteiger partial charge in [0.25, 0.3) is 0 Å². The molecule has 1 aromatic rings. The van der Waals surface area contributed by atoms with Gasteiger partial charge < -0.3 is 16.4 Å². The number of piperidine rings is 1. The van der Waals surface area contributed by atoms with Gasteiger partial charge in [0.1, 0.15) is 0 Å². The number of hydrogen-bond acceptors (Lipinski definition) is 5. The van der Waals surface area contributed by atoms with E-state index >= 15 is 0 Å². The molecule has 0 amide bonds. The molecule has 1 saturated heterocycles. The minimum atomic E-state index is 0.0690. The second-order valence-electron chi connectivity index (χ2n) is 4.81. The van der Waals surface area contributed by atoms with E-state index < -0.39 is 0 Å². The molecule has 0 aromatic carbocycles. The van der Waals surface area contributed by atoms with Gasteiger partial charge in [0.2, 0.25) is 5.95 Å². The molecule has 1 aliphatic heterocycles. The van der Waals surface area contributed by atoms with E-state index in [0.29, 0.717) is 5.92 Å². The van der Waals surface area contributed by atoms with E-state index in [1.165, 1.54) is 0 Å². The zero-order valence-electron chi connectivity index (χ0n) is 10.3. The highest BCUT2D eigenvalue weighted by molar-refractivity contribution is 5.28. The SMILES string of the molecule is CC(N)C(N)C1CCN(c2ncccn2)CC1. The van der Waals surface area contributed by atoms with Crippen LogP contribution in [0.25, 0.3) is 0 Å². The third-order valence-corrected chi connectivity index (χ3v) is 3.53. The first kappa shape index (κ1) is 12.3. The predicted molar refractivity (Wildman–Crippen MR) is 68.6 cm³/mol. The number of aromatic nitrogens is 2. The van der Waals surface area contributed by atoms with Crippen molar-refractivity contribution in [1.82, 2.24) is 9.97 Å². The van der Waals surface area contributed by atoms with Gasteiger partial charge in [-0.05, 0) is 31.7 Å². The summed E-state index contributed by atoms with van der Waals surface area (Å²) in [5.41, 5.74) is 11.9. The first-order valence-corrected chi connectivity index (χ1v) is 6.21. The Bertz CT molecular complexity index is 332. The first-order chi connectivity index (χ1) is 8.18. The first-order valence-electron chi connectivity index (χ1n) is 6.21. The summed E-state index contributed by atoms with van der Waals surface area (Å²) in [6.07, 6.45) is 5.70. The van der Waals surface area contributed by atoms with Crippen molar-refractivity contribution in [3.05, 3.63) is 18.5 Å². The van der Waals surface area contributed by atoms with Crippen molar-refractivity contribution < 1.29 is 0 Å². The summed E-state index contributed by atoms with van der Waals surface area (Å²) in [4.78, 5) is 10.7. The largest absolute Gasteiger partial charge is 0.341 e. The number of rotatable bonds is 3. The fourth-order valence-corrected chi connectivity index (χ4v) is 2.37. The summed E-state index contributed by atoms with van der Waals surface area (Å²) >= 11 is 0. The molecule has 0 radical (unpaired) electrons. The zero-order valence-corrected chi connectivity index (χ0v) is 10.3. The van der Waals surface area contributed by atoms with Crippen molar-refractivity contribution in [2.24, 2.45) is 17.4 Å². The van der Waals surface area contributed by atoms with Gasteiger partial charge in [-0.3, -0.25) is 0 Å². The molecule has 0 saturated carbocycles. The molecule has 2 heterocycles. The van der Waals surface area contributed by atoms with E-state index in [2.05, 4.69) is 14.9 Å². The molecule has 1 aliphatic rings. The van der Waals surface area contributed by atoms with E-state index in [9.17, 15) is 0 Å². The maximum Gasteiger partial charge on any atom is 0.225 e. The van der Waals surface area contributed by atoms with Gasteiger partial charge in [0.05, 0.1) is 0 Å². The minimum absolute atomic E-state index is 0.0690. The van der Waals surface area contributed by atoms with E-state index in [-0.39, 0.29) is 12.1 Å². The van der Waals surface area contributed by atoms with E-state index in [0.717, 1.165) is 31.9 Å². The van der Waals surface area contributed by atoms with Crippen LogP contribution in [0.4, 0.5) is 5.95 Å². The minimum Gasteiger partial charge on any atom is -0.341 e. The summed E-state index contributed by atoms with van der Waals surface area (Å²) in [6, 6.07) is 2.01. The van der Waals surface area contributed by atoms with Crippen LogP contribution in [0.1, 0.15) is 19.8 Å². The smallest absolute Gasteiger partial charge is 0.225 e.